The summed E-state index contributed by atoms with van der Waals surface area (Å²) in [5.74, 6) is 0.374. The molecule has 3 rings (SSSR count). The molecule has 0 aromatic heterocycles. The van der Waals surface area contributed by atoms with Gasteiger partial charge >= 0.3 is 0 Å². The monoisotopic (exact) mass is 480 g/mol. The molecule has 180 valence electrons. The van der Waals surface area contributed by atoms with Gasteiger partial charge in [-0.1, -0.05) is 62.4 Å². The lowest BCUT2D eigenvalue weighted by Gasteiger charge is -2.22. The van der Waals surface area contributed by atoms with E-state index in [2.05, 4.69) is 23.9 Å². The molecule has 0 heterocycles. The number of para-hydroxylation sites is 1. The number of carbonyl (C=O) groups is 1. The molecular formula is C27H32N2O4S. The summed E-state index contributed by atoms with van der Waals surface area (Å²) in [7, 11) is -3.95. The molecule has 0 saturated heterocycles. The number of nitrogens with one attached hydrogen (secondary N) is 2. The second-order valence-corrected chi connectivity index (χ2v) is 10.2. The van der Waals surface area contributed by atoms with Gasteiger partial charge in [-0.05, 0) is 67.1 Å². The van der Waals surface area contributed by atoms with Crippen LogP contribution in [0.15, 0.2) is 77.7 Å². The summed E-state index contributed by atoms with van der Waals surface area (Å²) < 4.78 is 34.4. The lowest BCUT2D eigenvalue weighted by atomic mass is 9.97. The number of amides is 1. The van der Waals surface area contributed by atoms with Crippen LogP contribution in [0, 0.1) is 6.92 Å². The smallest absolute Gasteiger partial charge is 0.242 e. The van der Waals surface area contributed by atoms with Crippen molar-refractivity contribution >= 4 is 21.6 Å². The average molecular weight is 481 g/mol. The highest BCUT2D eigenvalue weighted by Crippen LogP contribution is 2.28. The Balaban J connectivity index is 1.90. The van der Waals surface area contributed by atoms with E-state index in [0.717, 1.165) is 22.4 Å². The average Bonchev–Trinajstić information content (AvgIpc) is 2.81. The van der Waals surface area contributed by atoms with Gasteiger partial charge in [0.15, 0.2) is 0 Å². The third-order valence-corrected chi connectivity index (χ3v) is 7.00. The van der Waals surface area contributed by atoms with Gasteiger partial charge in [0.05, 0.1) is 11.5 Å². The second-order valence-electron chi connectivity index (χ2n) is 8.45. The quantitative estimate of drug-likeness (QED) is 0.426. The molecule has 0 aliphatic carbocycles. The van der Waals surface area contributed by atoms with Crippen molar-refractivity contribution < 1.29 is 17.9 Å². The number of carbonyl (C=O) groups excluding carboxylic acids is 1. The molecule has 1 amide bonds. The molecule has 0 spiro atoms. The minimum Gasteiger partial charge on any atom is -0.494 e. The van der Waals surface area contributed by atoms with Crippen molar-refractivity contribution in [1.29, 1.82) is 0 Å². The number of sulfonamides is 1. The third kappa shape index (κ3) is 6.46. The van der Waals surface area contributed by atoms with E-state index < -0.39 is 22.0 Å². The van der Waals surface area contributed by atoms with Crippen LogP contribution in [0.1, 0.15) is 43.4 Å². The first-order valence-corrected chi connectivity index (χ1v) is 12.9. The number of benzene rings is 3. The van der Waals surface area contributed by atoms with Gasteiger partial charge in [-0.3, -0.25) is 4.79 Å². The summed E-state index contributed by atoms with van der Waals surface area (Å²) in [4.78, 5) is 13.5. The molecule has 0 aliphatic rings. The highest BCUT2D eigenvalue weighted by Gasteiger charge is 2.27. The van der Waals surface area contributed by atoms with Crippen LogP contribution in [0.4, 0.5) is 5.69 Å². The molecule has 0 aliphatic heterocycles. The maximum absolute atomic E-state index is 13.4. The molecule has 0 saturated carbocycles. The fourth-order valence-corrected chi connectivity index (χ4v) is 4.92. The first kappa shape index (κ1) is 25.5. The van der Waals surface area contributed by atoms with E-state index in [1.165, 1.54) is 12.1 Å². The minimum atomic E-state index is -3.95. The summed E-state index contributed by atoms with van der Waals surface area (Å²) in [6.07, 6.45) is 0.214. The van der Waals surface area contributed by atoms with Crippen LogP contribution in [0.3, 0.4) is 0 Å². The van der Waals surface area contributed by atoms with E-state index in [4.69, 9.17) is 4.74 Å². The standard InChI is InChI=1S/C27H32N2O4S/c1-5-33-22-14-16-23(17-15-22)34(31,32)29-25(18-21-11-7-6-8-12-21)27(30)28-26-20(4)10-9-13-24(26)19(2)3/h6-17,19,25,29H,5,18H2,1-4H3,(H,28,30). The molecular weight excluding hydrogens is 448 g/mol. The molecule has 6 nitrogen and oxygen atoms in total. The van der Waals surface area contributed by atoms with Gasteiger partial charge in [-0.25, -0.2) is 8.42 Å². The number of aryl methyl sites for hydroxylation is 1. The van der Waals surface area contributed by atoms with Gasteiger partial charge in [0.25, 0.3) is 0 Å². The van der Waals surface area contributed by atoms with E-state index in [9.17, 15) is 13.2 Å². The van der Waals surface area contributed by atoms with E-state index in [1.54, 1.807) is 12.1 Å². The van der Waals surface area contributed by atoms with Crippen LogP contribution in [0.5, 0.6) is 5.75 Å². The molecule has 1 unspecified atom stereocenters. The fourth-order valence-electron chi connectivity index (χ4n) is 3.73. The first-order chi connectivity index (χ1) is 16.2. The molecule has 2 N–H and O–H groups in total. The molecule has 7 heteroatoms. The highest BCUT2D eigenvalue weighted by atomic mass is 32.2. The van der Waals surface area contributed by atoms with Crippen molar-refractivity contribution in [3.63, 3.8) is 0 Å². The van der Waals surface area contributed by atoms with E-state index in [0.29, 0.717) is 12.4 Å². The third-order valence-electron chi connectivity index (χ3n) is 5.52. The van der Waals surface area contributed by atoms with Crippen molar-refractivity contribution in [1.82, 2.24) is 4.72 Å². The highest BCUT2D eigenvalue weighted by molar-refractivity contribution is 7.89. The van der Waals surface area contributed by atoms with Crippen LogP contribution in [-0.2, 0) is 21.2 Å². The lowest BCUT2D eigenvalue weighted by molar-refractivity contribution is -0.117. The second kappa shape index (κ2) is 11.3. The van der Waals surface area contributed by atoms with Gasteiger partial charge in [0.1, 0.15) is 11.8 Å². The Morgan fingerprint density at radius 1 is 0.941 bits per heavy atom. The zero-order valence-corrected chi connectivity index (χ0v) is 20.9. The van der Waals surface area contributed by atoms with E-state index in [-0.39, 0.29) is 17.2 Å². The molecule has 0 fully saturated rings. The van der Waals surface area contributed by atoms with Crippen molar-refractivity contribution in [2.24, 2.45) is 0 Å². The normalized spacial score (nSPS) is 12.4. The van der Waals surface area contributed by atoms with Gasteiger partial charge in [-0.15, -0.1) is 0 Å². The van der Waals surface area contributed by atoms with Gasteiger partial charge in [0, 0.05) is 5.69 Å². The van der Waals surface area contributed by atoms with Crippen LogP contribution < -0.4 is 14.8 Å². The minimum absolute atomic E-state index is 0.0700. The SMILES string of the molecule is CCOc1ccc(S(=O)(=O)NC(Cc2ccccc2)C(=O)Nc2c(C)cccc2C(C)C)cc1. The summed E-state index contributed by atoms with van der Waals surface area (Å²) >= 11 is 0. The number of hydrogen-bond acceptors (Lipinski definition) is 4. The Morgan fingerprint density at radius 2 is 1.62 bits per heavy atom. The largest absolute Gasteiger partial charge is 0.494 e. The van der Waals surface area contributed by atoms with E-state index >= 15 is 0 Å². The van der Waals surface area contributed by atoms with Crippen molar-refractivity contribution in [2.75, 3.05) is 11.9 Å². The number of anilines is 1. The maximum atomic E-state index is 13.4. The lowest BCUT2D eigenvalue weighted by Crippen LogP contribution is -2.45. The summed E-state index contributed by atoms with van der Waals surface area (Å²) in [5, 5.41) is 2.99. The van der Waals surface area contributed by atoms with Crippen LogP contribution >= 0.6 is 0 Å². The summed E-state index contributed by atoms with van der Waals surface area (Å²) in [6.45, 7) is 8.39. The number of hydrogen-bond donors (Lipinski definition) is 2. The van der Waals surface area contributed by atoms with Crippen LogP contribution in [0.25, 0.3) is 0 Å². The molecule has 1 atom stereocenters. The zero-order valence-electron chi connectivity index (χ0n) is 20.0. The topological polar surface area (TPSA) is 84.5 Å². The zero-order chi connectivity index (χ0) is 24.7. The van der Waals surface area contributed by atoms with E-state index in [1.807, 2.05) is 62.4 Å². The van der Waals surface area contributed by atoms with Crippen LogP contribution in [-0.4, -0.2) is 27.0 Å². The maximum Gasteiger partial charge on any atom is 0.242 e. The predicted molar refractivity (Wildman–Crippen MR) is 136 cm³/mol. The van der Waals surface area contributed by atoms with Crippen molar-refractivity contribution in [3.05, 3.63) is 89.5 Å². The molecule has 0 radical (unpaired) electrons. The Bertz CT molecular complexity index is 1210. The molecule has 3 aromatic rings. The first-order valence-electron chi connectivity index (χ1n) is 11.4. The summed E-state index contributed by atoms with van der Waals surface area (Å²) in [6, 6.07) is 20.4. The fraction of sp³-hybridized carbons (Fsp3) is 0.296. The number of ether oxygens (including phenoxy) is 1. The van der Waals surface area contributed by atoms with Gasteiger partial charge < -0.3 is 10.1 Å². The molecule has 34 heavy (non-hydrogen) atoms. The molecule has 3 aromatic carbocycles. The van der Waals surface area contributed by atoms with Gasteiger partial charge in [0.2, 0.25) is 15.9 Å². The Labute approximate surface area is 202 Å². The Kier molecular flexibility index (Phi) is 8.47. The van der Waals surface area contributed by atoms with Gasteiger partial charge in [-0.2, -0.15) is 4.72 Å². The van der Waals surface area contributed by atoms with Crippen molar-refractivity contribution in [3.8, 4) is 5.75 Å². The molecule has 0 bridgehead atoms. The van der Waals surface area contributed by atoms with Crippen LogP contribution in [0.2, 0.25) is 0 Å². The summed E-state index contributed by atoms with van der Waals surface area (Å²) in [5.41, 5.74) is 3.50. The van der Waals surface area contributed by atoms with Crippen molar-refractivity contribution in [2.45, 2.75) is 51.0 Å². The Morgan fingerprint density at radius 3 is 2.24 bits per heavy atom. The predicted octanol–water partition coefficient (Wildman–Crippen LogP) is 5.05. The Hall–Kier alpha value is -3.16. The number of rotatable bonds is 10.